The Morgan fingerprint density at radius 2 is 2.31 bits per heavy atom. The van der Waals surface area contributed by atoms with Crippen molar-refractivity contribution in [2.45, 2.75) is 9.24 Å². The summed E-state index contributed by atoms with van der Waals surface area (Å²) in [6, 6.07) is 5.24. The Hall–Kier alpha value is -0.940. The minimum absolute atomic E-state index is 0.492. The maximum atomic E-state index is 12.6. The Bertz CT molecular complexity index is 389. The van der Waals surface area contributed by atoms with E-state index in [0.29, 0.717) is 5.03 Å². The summed E-state index contributed by atoms with van der Waals surface area (Å²) in [5.74, 6) is -0.492. The zero-order valence-electron chi connectivity index (χ0n) is 6.48. The molecule has 0 bridgehead atoms. The number of hydrogen-bond acceptors (Lipinski definition) is 4. The van der Waals surface area contributed by atoms with Gasteiger partial charge in [-0.1, -0.05) is 17.8 Å². The van der Waals surface area contributed by atoms with Crippen molar-refractivity contribution in [1.29, 1.82) is 0 Å². The zero-order valence-corrected chi connectivity index (χ0v) is 8.11. The molecule has 2 aromatic rings. The summed E-state index contributed by atoms with van der Waals surface area (Å²) in [6.45, 7) is 0. The first-order chi connectivity index (χ1) is 6.34. The summed E-state index contributed by atoms with van der Waals surface area (Å²) < 4.78 is 13.7. The van der Waals surface area contributed by atoms with Gasteiger partial charge in [0.2, 0.25) is 5.95 Å². The molecule has 13 heavy (non-hydrogen) atoms. The quantitative estimate of drug-likeness (QED) is 0.716. The van der Waals surface area contributed by atoms with Crippen molar-refractivity contribution in [1.82, 2.24) is 9.97 Å². The molecular weight excluding hydrogens is 207 g/mol. The largest absolute Gasteiger partial charge is 0.229 e. The summed E-state index contributed by atoms with van der Waals surface area (Å²) in [6.07, 6.45) is 1.23. The Morgan fingerprint density at radius 1 is 1.38 bits per heavy atom. The smallest absolute Gasteiger partial charge is 0.217 e. The van der Waals surface area contributed by atoms with Crippen LogP contribution in [0.5, 0.6) is 0 Å². The molecule has 2 aromatic heterocycles. The van der Waals surface area contributed by atoms with E-state index in [1.165, 1.54) is 24.2 Å². The van der Waals surface area contributed by atoms with Crippen LogP contribution in [-0.4, -0.2) is 9.97 Å². The van der Waals surface area contributed by atoms with E-state index in [-0.39, 0.29) is 0 Å². The third-order valence-electron chi connectivity index (χ3n) is 1.31. The van der Waals surface area contributed by atoms with Gasteiger partial charge in [0, 0.05) is 6.07 Å². The highest BCUT2D eigenvalue weighted by Crippen LogP contribution is 2.29. The molecule has 0 aliphatic rings. The average Bonchev–Trinajstić information content (AvgIpc) is 2.57. The maximum absolute atomic E-state index is 12.6. The lowest BCUT2D eigenvalue weighted by Gasteiger charge is -1.95. The monoisotopic (exact) mass is 212 g/mol. The minimum Gasteiger partial charge on any atom is -0.229 e. The second-order valence-corrected chi connectivity index (χ2v) is 4.48. The Balaban J connectivity index is 2.19. The van der Waals surface area contributed by atoms with Gasteiger partial charge < -0.3 is 0 Å². The van der Waals surface area contributed by atoms with Gasteiger partial charge in [-0.3, -0.25) is 0 Å². The van der Waals surface area contributed by atoms with Gasteiger partial charge in [0.15, 0.2) is 0 Å². The molecule has 0 fully saturated rings. The molecule has 0 saturated carbocycles. The van der Waals surface area contributed by atoms with Crippen molar-refractivity contribution >= 4 is 23.1 Å². The van der Waals surface area contributed by atoms with Crippen molar-refractivity contribution in [3.63, 3.8) is 0 Å². The highest BCUT2D eigenvalue weighted by molar-refractivity contribution is 8.01. The van der Waals surface area contributed by atoms with Crippen molar-refractivity contribution < 1.29 is 4.39 Å². The standard InChI is InChI=1S/C8H5FN2S2/c9-6-4-7(11-5-10-6)13-8-2-1-3-12-8/h1-5H. The van der Waals surface area contributed by atoms with Crippen LogP contribution in [0.15, 0.2) is 39.1 Å². The van der Waals surface area contributed by atoms with Crippen molar-refractivity contribution in [2.24, 2.45) is 0 Å². The highest BCUT2D eigenvalue weighted by Gasteiger charge is 2.00. The molecule has 2 rings (SSSR count). The van der Waals surface area contributed by atoms with E-state index < -0.39 is 5.95 Å². The fraction of sp³-hybridized carbons (Fsp3) is 0. The molecule has 5 heteroatoms. The third-order valence-corrected chi connectivity index (χ3v) is 3.28. The normalized spacial score (nSPS) is 10.2. The summed E-state index contributed by atoms with van der Waals surface area (Å²) in [4.78, 5) is 7.31. The highest BCUT2D eigenvalue weighted by atomic mass is 32.2. The van der Waals surface area contributed by atoms with E-state index in [9.17, 15) is 4.39 Å². The number of nitrogens with zero attached hydrogens (tertiary/aromatic N) is 2. The predicted molar refractivity (Wildman–Crippen MR) is 50.4 cm³/mol. The number of halogens is 1. The van der Waals surface area contributed by atoms with Gasteiger partial charge in [-0.05, 0) is 11.4 Å². The second kappa shape index (κ2) is 3.85. The molecule has 0 amide bonds. The Kier molecular flexibility index (Phi) is 2.56. The lowest BCUT2D eigenvalue weighted by atomic mass is 10.7. The van der Waals surface area contributed by atoms with E-state index in [2.05, 4.69) is 9.97 Å². The Labute approximate surface area is 82.9 Å². The molecule has 66 valence electrons. The lowest BCUT2D eigenvalue weighted by Crippen LogP contribution is -1.85. The lowest BCUT2D eigenvalue weighted by molar-refractivity contribution is 0.572. The number of hydrogen-bond donors (Lipinski definition) is 0. The average molecular weight is 212 g/mol. The topological polar surface area (TPSA) is 25.8 Å². The predicted octanol–water partition coefficient (Wildman–Crippen LogP) is 2.83. The summed E-state index contributed by atoms with van der Waals surface area (Å²) in [5.41, 5.74) is 0. The van der Waals surface area contributed by atoms with Crippen molar-refractivity contribution in [3.05, 3.63) is 35.9 Å². The molecule has 0 radical (unpaired) electrons. The van der Waals surface area contributed by atoms with E-state index in [4.69, 9.17) is 0 Å². The fourth-order valence-corrected chi connectivity index (χ4v) is 2.47. The molecule has 0 N–H and O–H groups in total. The van der Waals surface area contributed by atoms with Crippen LogP contribution in [0.4, 0.5) is 4.39 Å². The van der Waals surface area contributed by atoms with Gasteiger partial charge >= 0.3 is 0 Å². The molecular formula is C8H5FN2S2. The minimum atomic E-state index is -0.492. The summed E-state index contributed by atoms with van der Waals surface area (Å²) >= 11 is 3.04. The van der Waals surface area contributed by atoms with Gasteiger partial charge in [-0.15, -0.1) is 11.3 Å². The van der Waals surface area contributed by atoms with Crippen LogP contribution < -0.4 is 0 Å². The van der Waals surface area contributed by atoms with Crippen molar-refractivity contribution in [2.75, 3.05) is 0 Å². The molecule has 0 aromatic carbocycles. The van der Waals surface area contributed by atoms with Crippen molar-refractivity contribution in [3.8, 4) is 0 Å². The first kappa shape index (κ1) is 8.65. The number of thiophene rings is 1. The van der Waals surface area contributed by atoms with Gasteiger partial charge in [-0.25, -0.2) is 9.97 Å². The van der Waals surface area contributed by atoms with E-state index in [1.54, 1.807) is 11.3 Å². The molecule has 0 saturated heterocycles. The molecule has 0 aliphatic heterocycles. The van der Waals surface area contributed by atoms with Gasteiger partial charge in [0.05, 0.1) is 4.21 Å². The van der Waals surface area contributed by atoms with Crippen LogP contribution in [0.3, 0.4) is 0 Å². The molecule has 2 nitrogen and oxygen atoms in total. The first-order valence-corrected chi connectivity index (χ1v) is 5.23. The summed E-state index contributed by atoms with van der Waals surface area (Å²) in [5, 5.41) is 2.61. The maximum Gasteiger partial charge on any atom is 0.217 e. The van der Waals surface area contributed by atoms with Crippen LogP contribution in [0.25, 0.3) is 0 Å². The van der Waals surface area contributed by atoms with Gasteiger partial charge in [0.1, 0.15) is 11.4 Å². The van der Waals surface area contributed by atoms with Crippen LogP contribution in [0, 0.1) is 5.95 Å². The third kappa shape index (κ3) is 2.26. The second-order valence-electron chi connectivity index (χ2n) is 2.21. The van der Waals surface area contributed by atoms with E-state index in [1.807, 2.05) is 17.5 Å². The van der Waals surface area contributed by atoms with E-state index >= 15 is 0 Å². The number of rotatable bonds is 2. The molecule has 0 atom stereocenters. The van der Waals surface area contributed by atoms with Gasteiger partial charge in [0.25, 0.3) is 0 Å². The van der Waals surface area contributed by atoms with Gasteiger partial charge in [-0.2, -0.15) is 4.39 Å². The fourth-order valence-electron chi connectivity index (χ4n) is 0.798. The molecule has 2 heterocycles. The molecule has 0 unspecified atom stereocenters. The summed E-state index contributed by atoms with van der Waals surface area (Å²) in [7, 11) is 0. The van der Waals surface area contributed by atoms with E-state index in [0.717, 1.165) is 4.21 Å². The van der Waals surface area contributed by atoms with Crippen LogP contribution in [0.1, 0.15) is 0 Å². The van der Waals surface area contributed by atoms with Crippen LogP contribution in [0.2, 0.25) is 0 Å². The zero-order chi connectivity index (χ0) is 9.10. The van der Waals surface area contributed by atoms with Crippen LogP contribution in [-0.2, 0) is 0 Å². The first-order valence-electron chi connectivity index (χ1n) is 3.53. The SMILES string of the molecule is Fc1cc(Sc2cccs2)ncn1. The molecule has 0 spiro atoms. The van der Waals surface area contributed by atoms with Crippen LogP contribution >= 0.6 is 23.1 Å². The number of aromatic nitrogens is 2. The molecule has 0 aliphatic carbocycles. The Morgan fingerprint density at radius 3 is 3.00 bits per heavy atom.